The summed E-state index contributed by atoms with van der Waals surface area (Å²) in [5, 5.41) is 4.90. The lowest BCUT2D eigenvalue weighted by Crippen LogP contribution is -2.36. The highest BCUT2D eigenvalue weighted by atomic mass is 19.1. The quantitative estimate of drug-likeness (QED) is 0.704. The van der Waals surface area contributed by atoms with Crippen molar-refractivity contribution in [3.63, 3.8) is 0 Å². The third-order valence-electron chi connectivity index (χ3n) is 5.81. The van der Waals surface area contributed by atoms with Gasteiger partial charge in [-0.3, -0.25) is 4.68 Å². The molecule has 0 bridgehead atoms. The van der Waals surface area contributed by atoms with Crippen molar-refractivity contribution in [1.82, 2.24) is 14.7 Å². The molecule has 0 spiro atoms. The van der Waals surface area contributed by atoms with Crippen molar-refractivity contribution in [3.8, 4) is 5.75 Å². The van der Waals surface area contributed by atoms with E-state index >= 15 is 0 Å². The van der Waals surface area contributed by atoms with Crippen LogP contribution in [0.5, 0.6) is 5.75 Å². The molecule has 2 aliphatic heterocycles. The van der Waals surface area contributed by atoms with Crippen molar-refractivity contribution in [1.29, 1.82) is 0 Å². The summed E-state index contributed by atoms with van der Waals surface area (Å²) < 4.78 is 26.9. The minimum Gasteiger partial charge on any atom is -0.489 e. The first-order valence-electron chi connectivity index (χ1n) is 10.3. The highest BCUT2D eigenvalue weighted by Crippen LogP contribution is 2.35. The Morgan fingerprint density at radius 1 is 1.36 bits per heavy atom. The molecule has 1 aromatic carbocycles. The third-order valence-corrected chi connectivity index (χ3v) is 5.81. The average molecular weight is 389 g/mol. The highest BCUT2D eigenvalue weighted by Gasteiger charge is 2.28. The van der Waals surface area contributed by atoms with Crippen LogP contribution in [-0.2, 0) is 4.74 Å². The molecular formula is C21H28FN3O3. The molecule has 0 N–H and O–H groups in total. The summed E-state index contributed by atoms with van der Waals surface area (Å²) in [5.74, 6) is -0.118. The standard InChI is InChI=1S/C21H28FN3O3/c1-3-4-7-24-8-5-15(6-9-24)13-28-21(26)19-17-10-16(22)11-18-20(17)25(23-19)14(2)12-27-18/h10-11,14-15H,3-9,12-13H2,1-2H3. The van der Waals surface area contributed by atoms with Crippen LogP contribution >= 0.6 is 0 Å². The summed E-state index contributed by atoms with van der Waals surface area (Å²) in [5.41, 5.74) is 0.838. The van der Waals surface area contributed by atoms with Gasteiger partial charge in [-0.1, -0.05) is 13.3 Å². The van der Waals surface area contributed by atoms with Crippen molar-refractivity contribution in [3.05, 3.63) is 23.6 Å². The van der Waals surface area contributed by atoms with Gasteiger partial charge in [0.15, 0.2) is 5.69 Å². The van der Waals surface area contributed by atoms with E-state index in [9.17, 15) is 9.18 Å². The van der Waals surface area contributed by atoms with Crippen LogP contribution in [0.3, 0.4) is 0 Å². The number of likely N-dealkylation sites (tertiary alicyclic amines) is 1. The van der Waals surface area contributed by atoms with E-state index in [2.05, 4.69) is 16.9 Å². The second-order valence-electron chi connectivity index (χ2n) is 7.99. The Hall–Kier alpha value is -2.15. The van der Waals surface area contributed by atoms with Gasteiger partial charge in [-0.15, -0.1) is 0 Å². The molecule has 3 heterocycles. The lowest BCUT2D eigenvalue weighted by atomic mass is 9.97. The van der Waals surface area contributed by atoms with Gasteiger partial charge in [-0.25, -0.2) is 9.18 Å². The van der Waals surface area contributed by atoms with Gasteiger partial charge in [0.05, 0.1) is 12.6 Å². The Balaban J connectivity index is 1.43. The maximum Gasteiger partial charge on any atom is 0.359 e. The zero-order valence-corrected chi connectivity index (χ0v) is 16.6. The van der Waals surface area contributed by atoms with E-state index in [1.165, 1.54) is 25.0 Å². The van der Waals surface area contributed by atoms with Gasteiger partial charge in [0.1, 0.15) is 23.7 Å². The number of carbonyl (C=O) groups excluding carboxylic acids is 1. The number of nitrogens with zero attached hydrogens (tertiary/aromatic N) is 3. The molecule has 1 fully saturated rings. The summed E-state index contributed by atoms with van der Waals surface area (Å²) in [7, 11) is 0. The van der Waals surface area contributed by atoms with Crippen molar-refractivity contribution in [2.75, 3.05) is 32.8 Å². The number of rotatable bonds is 6. The SMILES string of the molecule is CCCCN1CCC(COC(=O)c2nn3c4c(cc(F)cc24)OCC3C)CC1. The zero-order valence-electron chi connectivity index (χ0n) is 16.6. The Morgan fingerprint density at radius 2 is 2.14 bits per heavy atom. The van der Waals surface area contributed by atoms with Crippen LogP contribution in [0.25, 0.3) is 10.9 Å². The number of aromatic nitrogens is 2. The minimum atomic E-state index is -0.484. The maximum atomic E-state index is 14.0. The summed E-state index contributed by atoms with van der Waals surface area (Å²) >= 11 is 0. The molecule has 2 aliphatic rings. The third kappa shape index (κ3) is 3.72. The Bertz CT molecular complexity index is 858. The molecule has 152 valence electrons. The molecule has 28 heavy (non-hydrogen) atoms. The minimum absolute atomic E-state index is 0.0190. The molecule has 7 heteroatoms. The van der Waals surface area contributed by atoms with Crippen molar-refractivity contribution in [2.24, 2.45) is 5.92 Å². The van der Waals surface area contributed by atoms with Crippen LogP contribution in [0.1, 0.15) is 56.1 Å². The highest BCUT2D eigenvalue weighted by molar-refractivity contribution is 6.04. The van der Waals surface area contributed by atoms with E-state index in [4.69, 9.17) is 9.47 Å². The van der Waals surface area contributed by atoms with Crippen molar-refractivity contribution < 1.29 is 18.7 Å². The molecule has 0 aliphatic carbocycles. The fraction of sp³-hybridized carbons (Fsp3) is 0.619. The van der Waals surface area contributed by atoms with Gasteiger partial charge in [-0.05, 0) is 57.8 Å². The predicted molar refractivity (Wildman–Crippen MR) is 104 cm³/mol. The van der Waals surface area contributed by atoms with Gasteiger partial charge in [0.2, 0.25) is 0 Å². The van der Waals surface area contributed by atoms with Gasteiger partial charge in [-0.2, -0.15) is 5.10 Å². The van der Waals surface area contributed by atoms with Gasteiger partial charge < -0.3 is 14.4 Å². The number of ether oxygens (including phenoxy) is 2. The first kappa shape index (κ1) is 19.2. The number of esters is 1. The fourth-order valence-corrected chi connectivity index (χ4v) is 4.08. The van der Waals surface area contributed by atoms with Gasteiger partial charge >= 0.3 is 5.97 Å². The molecule has 1 atom stereocenters. The van der Waals surface area contributed by atoms with Crippen molar-refractivity contribution in [2.45, 2.75) is 45.6 Å². The monoisotopic (exact) mass is 389 g/mol. The lowest BCUT2D eigenvalue weighted by Gasteiger charge is -2.31. The molecule has 0 amide bonds. The summed E-state index contributed by atoms with van der Waals surface area (Å²) in [6, 6.07) is 2.66. The molecule has 4 rings (SSSR count). The van der Waals surface area contributed by atoms with Crippen LogP contribution < -0.4 is 4.74 Å². The average Bonchev–Trinajstić information content (AvgIpc) is 3.08. The molecule has 1 aromatic heterocycles. The number of unbranched alkanes of at least 4 members (excludes halogenated alkanes) is 1. The van der Waals surface area contributed by atoms with Gasteiger partial charge in [0, 0.05) is 11.5 Å². The number of hydrogen-bond donors (Lipinski definition) is 0. The van der Waals surface area contributed by atoms with E-state index in [1.54, 1.807) is 4.68 Å². The number of carbonyl (C=O) groups is 1. The fourth-order valence-electron chi connectivity index (χ4n) is 4.08. The zero-order chi connectivity index (χ0) is 19.7. The predicted octanol–water partition coefficient (Wildman–Crippen LogP) is 3.80. The van der Waals surface area contributed by atoms with E-state index in [-0.39, 0.29) is 11.7 Å². The second kappa shape index (κ2) is 8.07. The second-order valence-corrected chi connectivity index (χ2v) is 7.99. The number of halogens is 1. The van der Waals surface area contributed by atoms with Gasteiger partial charge in [0.25, 0.3) is 0 Å². The first-order valence-corrected chi connectivity index (χ1v) is 10.3. The largest absolute Gasteiger partial charge is 0.489 e. The number of piperidine rings is 1. The molecular weight excluding hydrogens is 361 g/mol. The Morgan fingerprint density at radius 3 is 2.89 bits per heavy atom. The molecule has 1 unspecified atom stereocenters. The summed E-state index contributed by atoms with van der Waals surface area (Å²) in [6.07, 6.45) is 4.52. The topological polar surface area (TPSA) is 56.6 Å². The van der Waals surface area contributed by atoms with E-state index < -0.39 is 11.8 Å². The molecule has 6 nitrogen and oxygen atoms in total. The van der Waals surface area contributed by atoms with E-state index in [1.807, 2.05) is 6.92 Å². The number of hydrogen-bond acceptors (Lipinski definition) is 5. The Labute approximate surface area is 164 Å². The Kier molecular flexibility index (Phi) is 5.53. The summed E-state index contributed by atoms with van der Waals surface area (Å²) in [6.45, 7) is 8.23. The normalized spacial score (nSPS) is 20.3. The number of benzene rings is 1. The maximum absolute atomic E-state index is 14.0. The van der Waals surface area contributed by atoms with Crippen LogP contribution in [0.4, 0.5) is 4.39 Å². The molecule has 0 saturated carbocycles. The first-order chi connectivity index (χ1) is 13.6. The lowest BCUT2D eigenvalue weighted by molar-refractivity contribution is 0.0366. The molecule has 2 aromatic rings. The van der Waals surface area contributed by atoms with E-state index in [0.29, 0.717) is 35.8 Å². The van der Waals surface area contributed by atoms with Crippen LogP contribution in [0, 0.1) is 11.7 Å². The van der Waals surface area contributed by atoms with Crippen molar-refractivity contribution >= 4 is 16.9 Å². The smallest absolute Gasteiger partial charge is 0.359 e. The van der Waals surface area contributed by atoms with E-state index in [0.717, 1.165) is 32.5 Å². The molecule has 0 radical (unpaired) electrons. The van der Waals surface area contributed by atoms with Crippen LogP contribution in [0.15, 0.2) is 12.1 Å². The molecule has 1 saturated heterocycles. The van der Waals surface area contributed by atoms with Crippen LogP contribution in [-0.4, -0.2) is 53.5 Å². The summed E-state index contributed by atoms with van der Waals surface area (Å²) in [4.78, 5) is 15.2. The van der Waals surface area contributed by atoms with Crippen LogP contribution in [0.2, 0.25) is 0 Å².